The van der Waals surface area contributed by atoms with Crippen molar-refractivity contribution < 1.29 is 14.4 Å². The zero-order valence-corrected chi connectivity index (χ0v) is 11.5. The highest BCUT2D eigenvalue weighted by atomic mass is 16.2. The molecular formula is C14H17N3O3. The fourth-order valence-corrected chi connectivity index (χ4v) is 1.95. The van der Waals surface area contributed by atoms with Gasteiger partial charge < -0.3 is 11.1 Å². The standard InChI is InChI=1S/C14H17N3O3/c1-14(2,15)13(20)16-7-8-17-11(18)9-5-3-4-6-10(9)12(17)19/h3-6H,7-8,15H2,1-2H3,(H,16,20). The van der Waals surface area contributed by atoms with E-state index in [1.165, 1.54) is 0 Å². The summed E-state index contributed by atoms with van der Waals surface area (Å²) in [5.41, 5.74) is 5.46. The zero-order chi connectivity index (χ0) is 14.9. The molecule has 0 spiro atoms. The Morgan fingerprint density at radius 3 is 2.15 bits per heavy atom. The maximum atomic E-state index is 12.0. The van der Waals surface area contributed by atoms with Gasteiger partial charge in [0.05, 0.1) is 16.7 Å². The van der Waals surface area contributed by atoms with Gasteiger partial charge in [-0.1, -0.05) is 12.1 Å². The average molecular weight is 275 g/mol. The molecule has 0 radical (unpaired) electrons. The van der Waals surface area contributed by atoms with Crippen LogP contribution >= 0.6 is 0 Å². The van der Waals surface area contributed by atoms with Crippen molar-refractivity contribution in [3.63, 3.8) is 0 Å². The van der Waals surface area contributed by atoms with Crippen LogP contribution in [0.4, 0.5) is 0 Å². The Hall–Kier alpha value is -2.21. The van der Waals surface area contributed by atoms with E-state index < -0.39 is 5.54 Å². The van der Waals surface area contributed by atoms with Crippen LogP contribution in [0.1, 0.15) is 34.6 Å². The Labute approximate surface area is 116 Å². The molecule has 1 aromatic carbocycles. The third-order valence-corrected chi connectivity index (χ3v) is 3.08. The topological polar surface area (TPSA) is 92.5 Å². The lowest BCUT2D eigenvalue weighted by Crippen LogP contribution is -2.50. The molecule has 0 bridgehead atoms. The van der Waals surface area contributed by atoms with Crippen LogP contribution in [0, 0.1) is 0 Å². The second-order valence-corrected chi connectivity index (χ2v) is 5.29. The second kappa shape index (κ2) is 5.05. The Morgan fingerprint density at radius 2 is 1.70 bits per heavy atom. The van der Waals surface area contributed by atoms with Crippen molar-refractivity contribution in [1.29, 1.82) is 0 Å². The van der Waals surface area contributed by atoms with E-state index in [0.717, 1.165) is 4.90 Å². The second-order valence-electron chi connectivity index (χ2n) is 5.29. The first-order chi connectivity index (χ1) is 9.32. The van der Waals surface area contributed by atoms with Gasteiger partial charge >= 0.3 is 0 Å². The summed E-state index contributed by atoms with van der Waals surface area (Å²) in [6.07, 6.45) is 0. The fraction of sp³-hybridized carbons (Fsp3) is 0.357. The van der Waals surface area contributed by atoms with E-state index >= 15 is 0 Å². The van der Waals surface area contributed by atoms with Crippen molar-refractivity contribution in [2.75, 3.05) is 13.1 Å². The smallest absolute Gasteiger partial charge is 0.261 e. The predicted molar refractivity (Wildman–Crippen MR) is 73.1 cm³/mol. The number of imide groups is 1. The van der Waals surface area contributed by atoms with Gasteiger partial charge in [0, 0.05) is 13.1 Å². The first-order valence-corrected chi connectivity index (χ1v) is 6.35. The van der Waals surface area contributed by atoms with E-state index in [1.54, 1.807) is 38.1 Å². The van der Waals surface area contributed by atoms with Gasteiger partial charge in [0.1, 0.15) is 0 Å². The molecule has 0 unspecified atom stereocenters. The summed E-state index contributed by atoms with van der Waals surface area (Å²) >= 11 is 0. The summed E-state index contributed by atoms with van der Waals surface area (Å²) in [4.78, 5) is 36.8. The van der Waals surface area contributed by atoms with Crippen LogP contribution in [-0.4, -0.2) is 41.2 Å². The van der Waals surface area contributed by atoms with Crippen LogP contribution < -0.4 is 11.1 Å². The van der Waals surface area contributed by atoms with Gasteiger partial charge in [0.25, 0.3) is 11.8 Å². The molecule has 0 saturated carbocycles. The highest BCUT2D eigenvalue weighted by Gasteiger charge is 2.34. The van der Waals surface area contributed by atoms with Gasteiger partial charge in [-0.3, -0.25) is 19.3 Å². The minimum absolute atomic E-state index is 0.133. The lowest BCUT2D eigenvalue weighted by molar-refractivity contribution is -0.125. The van der Waals surface area contributed by atoms with E-state index in [1.807, 2.05) is 0 Å². The number of rotatable bonds is 4. The molecule has 1 aliphatic rings. The molecule has 1 aromatic rings. The number of nitrogens with zero attached hydrogens (tertiary/aromatic N) is 1. The summed E-state index contributed by atoms with van der Waals surface area (Å²) in [5, 5.41) is 2.61. The number of nitrogens with two attached hydrogens (primary N) is 1. The van der Waals surface area contributed by atoms with Crippen LogP contribution in [0.5, 0.6) is 0 Å². The summed E-state index contributed by atoms with van der Waals surface area (Å²) in [7, 11) is 0. The van der Waals surface area contributed by atoms with Crippen molar-refractivity contribution in [1.82, 2.24) is 10.2 Å². The zero-order valence-electron chi connectivity index (χ0n) is 11.5. The quantitative estimate of drug-likeness (QED) is 0.764. The van der Waals surface area contributed by atoms with Gasteiger partial charge in [0.2, 0.25) is 5.91 Å². The number of fused-ring (bicyclic) bond motifs is 1. The maximum absolute atomic E-state index is 12.0. The molecule has 3 amide bonds. The average Bonchev–Trinajstić information content (AvgIpc) is 2.63. The number of carbonyl (C=O) groups is 3. The molecular weight excluding hydrogens is 258 g/mol. The minimum Gasteiger partial charge on any atom is -0.353 e. The molecule has 0 atom stereocenters. The largest absolute Gasteiger partial charge is 0.353 e. The van der Waals surface area contributed by atoms with Crippen molar-refractivity contribution in [3.8, 4) is 0 Å². The van der Waals surface area contributed by atoms with E-state index in [-0.39, 0.29) is 30.8 Å². The van der Waals surface area contributed by atoms with Gasteiger partial charge in [-0.2, -0.15) is 0 Å². The van der Waals surface area contributed by atoms with E-state index in [9.17, 15) is 14.4 Å². The summed E-state index contributed by atoms with van der Waals surface area (Å²) < 4.78 is 0. The molecule has 6 nitrogen and oxygen atoms in total. The Balaban J connectivity index is 1.98. The van der Waals surface area contributed by atoms with E-state index in [4.69, 9.17) is 5.73 Å². The third kappa shape index (κ3) is 2.55. The summed E-state index contributed by atoms with van der Waals surface area (Å²) in [6.45, 7) is 3.49. The van der Waals surface area contributed by atoms with Gasteiger partial charge in [-0.05, 0) is 26.0 Å². The lowest BCUT2D eigenvalue weighted by Gasteiger charge is -2.19. The number of carbonyl (C=O) groups excluding carboxylic acids is 3. The third-order valence-electron chi connectivity index (χ3n) is 3.08. The van der Waals surface area contributed by atoms with Crippen molar-refractivity contribution in [3.05, 3.63) is 35.4 Å². The lowest BCUT2D eigenvalue weighted by atomic mass is 10.1. The first kappa shape index (κ1) is 14.2. The number of benzene rings is 1. The Bertz CT molecular complexity index is 540. The van der Waals surface area contributed by atoms with Crippen LogP contribution in [0.2, 0.25) is 0 Å². The molecule has 1 heterocycles. The van der Waals surface area contributed by atoms with Crippen LogP contribution in [0.3, 0.4) is 0 Å². The number of nitrogens with one attached hydrogen (secondary N) is 1. The Morgan fingerprint density at radius 1 is 1.20 bits per heavy atom. The fourth-order valence-electron chi connectivity index (χ4n) is 1.95. The number of hydrogen-bond acceptors (Lipinski definition) is 4. The summed E-state index contributed by atoms with van der Waals surface area (Å²) in [5.74, 6) is -0.979. The molecule has 3 N–H and O–H groups in total. The van der Waals surface area contributed by atoms with E-state index in [0.29, 0.717) is 11.1 Å². The van der Waals surface area contributed by atoms with Crippen LogP contribution in [-0.2, 0) is 4.79 Å². The van der Waals surface area contributed by atoms with Crippen LogP contribution in [0.25, 0.3) is 0 Å². The first-order valence-electron chi connectivity index (χ1n) is 6.35. The SMILES string of the molecule is CC(C)(N)C(=O)NCCN1C(=O)c2ccccc2C1=O. The summed E-state index contributed by atoms with van der Waals surface area (Å²) in [6, 6.07) is 6.67. The number of amides is 3. The monoisotopic (exact) mass is 275 g/mol. The Kier molecular flexibility index (Phi) is 3.59. The normalized spacial score (nSPS) is 14.4. The molecule has 106 valence electrons. The molecule has 0 aliphatic carbocycles. The number of hydrogen-bond donors (Lipinski definition) is 2. The molecule has 20 heavy (non-hydrogen) atoms. The van der Waals surface area contributed by atoms with Crippen molar-refractivity contribution in [2.45, 2.75) is 19.4 Å². The molecule has 0 fully saturated rings. The molecule has 1 aliphatic heterocycles. The van der Waals surface area contributed by atoms with Gasteiger partial charge in [-0.15, -0.1) is 0 Å². The maximum Gasteiger partial charge on any atom is 0.261 e. The van der Waals surface area contributed by atoms with Gasteiger partial charge in [-0.25, -0.2) is 0 Å². The van der Waals surface area contributed by atoms with Crippen LogP contribution in [0.15, 0.2) is 24.3 Å². The van der Waals surface area contributed by atoms with Crippen molar-refractivity contribution in [2.24, 2.45) is 5.73 Å². The highest BCUT2D eigenvalue weighted by Crippen LogP contribution is 2.21. The predicted octanol–water partition coefficient (Wildman–Crippen LogP) is 0.136. The van der Waals surface area contributed by atoms with Crippen molar-refractivity contribution >= 4 is 17.7 Å². The van der Waals surface area contributed by atoms with Gasteiger partial charge in [0.15, 0.2) is 0 Å². The molecule has 0 aromatic heterocycles. The minimum atomic E-state index is -0.984. The molecule has 2 rings (SSSR count). The molecule has 6 heteroatoms. The molecule has 0 saturated heterocycles. The highest BCUT2D eigenvalue weighted by molar-refractivity contribution is 6.21. The van der Waals surface area contributed by atoms with E-state index in [2.05, 4.69) is 5.32 Å².